The smallest absolute Gasteiger partial charge is 0.227 e. The molecule has 108 valence electrons. The maximum Gasteiger partial charge on any atom is 0.227 e. The molecule has 0 bridgehead atoms. The third-order valence-electron chi connectivity index (χ3n) is 4.77. The Kier molecular flexibility index (Phi) is 2.67. The van der Waals surface area contributed by atoms with Gasteiger partial charge in [-0.25, -0.2) is 0 Å². The highest BCUT2D eigenvalue weighted by atomic mass is 16.2. The Hall–Kier alpha value is -2.10. The van der Waals surface area contributed by atoms with Crippen LogP contribution in [0.4, 0.5) is 5.69 Å². The summed E-state index contributed by atoms with van der Waals surface area (Å²) in [6.45, 7) is 0.804. The summed E-state index contributed by atoms with van der Waals surface area (Å²) >= 11 is 0. The number of carbonyl (C=O) groups is 2. The summed E-state index contributed by atoms with van der Waals surface area (Å²) in [6.07, 6.45) is 4.11. The number of hydrogen-bond acceptors (Lipinski definition) is 2. The zero-order valence-corrected chi connectivity index (χ0v) is 12.2. The Balaban J connectivity index is 1.92. The molecule has 0 atom stereocenters. The van der Waals surface area contributed by atoms with E-state index in [-0.39, 0.29) is 11.7 Å². The second-order valence-corrected chi connectivity index (χ2v) is 6.01. The highest BCUT2D eigenvalue weighted by molar-refractivity contribution is 6.05. The van der Waals surface area contributed by atoms with Crippen LogP contribution in [0.25, 0.3) is 10.9 Å². The summed E-state index contributed by atoms with van der Waals surface area (Å²) in [5.74, 6) is 0.448. The van der Waals surface area contributed by atoms with Crippen molar-refractivity contribution in [3.05, 3.63) is 29.5 Å². The predicted octanol–water partition coefficient (Wildman–Crippen LogP) is 2.82. The molecule has 0 N–H and O–H groups in total. The second-order valence-electron chi connectivity index (χ2n) is 6.01. The van der Waals surface area contributed by atoms with Gasteiger partial charge < -0.3 is 9.47 Å². The van der Waals surface area contributed by atoms with E-state index >= 15 is 0 Å². The molecule has 1 aliphatic heterocycles. The first-order valence-corrected chi connectivity index (χ1v) is 7.61. The van der Waals surface area contributed by atoms with Gasteiger partial charge in [-0.3, -0.25) is 9.59 Å². The topological polar surface area (TPSA) is 42.3 Å². The lowest BCUT2D eigenvalue weighted by Crippen LogP contribution is -2.23. The number of hydrogen-bond donors (Lipinski definition) is 0. The molecule has 0 spiro atoms. The molecule has 2 aromatic rings. The minimum atomic E-state index is 0.204. The molecule has 0 unspecified atom stereocenters. The van der Waals surface area contributed by atoms with Crippen LogP contribution in [0.15, 0.2) is 18.2 Å². The van der Waals surface area contributed by atoms with Crippen LogP contribution in [0.3, 0.4) is 0 Å². The SMILES string of the molecule is Cn1c2c(c3cc(N4CCCC4=O)ccc31)CCCC2=O. The first-order chi connectivity index (χ1) is 10.2. The van der Waals surface area contributed by atoms with Gasteiger partial charge >= 0.3 is 0 Å². The van der Waals surface area contributed by atoms with Crippen molar-refractivity contribution in [2.45, 2.75) is 32.1 Å². The fraction of sp³-hybridized carbons (Fsp3) is 0.412. The van der Waals surface area contributed by atoms with Crippen LogP contribution in [0.1, 0.15) is 41.7 Å². The van der Waals surface area contributed by atoms with Gasteiger partial charge in [0.1, 0.15) is 0 Å². The molecule has 1 amide bonds. The van der Waals surface area contributed by atoms with Gasteiger partial charge in [-0.15, -0.1) is 0 Å². The minimum absolute atomic E-state index is 0.204. The Morgan fingerprint density at radius 3 is 2.67 bits per heavy atom. The number of Topliss-reactive ketones (excluding diaryl/α,β-unsaturated/α-hetero) is 1. The van der Waals surface area contributed by atoms with Crippen LogP contribution < -0.4 is 4.90 Å². The molecule has 0 radical (unpaired) electrons. The largest absolute Gasteiger partial charge is 0.341 e. The lowest BCUT2D eigenvalue weighted by Gasteiger charge is -2.16. The second kappa shape index (κ2) is 4.45. The molecule has 2 heterocycles. The number of benzene rings is 1. The fourth-order valence-electron chi connectivity index (χ4n) is 3.75. The molecule has 4 rings (SSSR count). The summed E-state index contributed by atoms with van der Waals surface area (Å²) < 4.78 is 2.02. The molecule has 2 aliphatic rings. The molecule has 0 saturated carbocycles. The van der Waals surface area contributed by atoms with Crippen LogP contribution in [0, 0.1) is 0 Å². The summed E-state index contributed by atoms with van der Waals surface area (Å²) in [6, 6.07) is 6.14. The maximum atomic E-state index is 12.2. The van der Waals surface area contributed by atoms with Crippen molar-refractivity contribution in [2.75, 3.05) is 11.4 Å². The Labute approximate surface area is 123 Å². The van der Waals surface area contributed by atoms with Gasteiger partial charge in [-0.05, 0) is 43.0 Å². The maximum absolute atomic E-state index is 12.2. The van der Waals surface area contributed by atoms with E-state index in [1.165, 1.54) is 0 Å². The molecular weight excluding hydrogens is 264 g/mol. The number of aromatic nitrogens is 1. The summed E-state index contributed by atoms with van der Waals surface area (Å²) in [7, 11) is 1.96. The number of aryl methyl sites for hydroxylation is 2. The molecule has 1 aliphatic carbocycles. The molecule has 1 aromatic carbocycles. The van der Waals surface area contributed by atoms with Crippen molar-refractivity contribution < 1.29 is 9.59 Å². The van der Waals surface area contributed by atoms with E-state index in [0.717, 1.165) is 53.7 Å². The van der Waals surface area contributed by atoms with Crippen molar-refractivity contribution in [1.82, 2.24) is 4.57 Å². The van der Waals surface area contributed by atoms with Crippen LogP contribution in [0.5, 0.6) is 0 Å². The molecular formula is C17H18N2O2. The Morgan fingerprint density at radius 2 is 1.90 bits per heavy atom. The van der Waals surface area contributed by atoms with E-state index in [4.69, 9.17) is 0 Å². The molecule has 4 nitrogen and oxygen atoms in total. The van der Waals surface area contributed by atoms with E-state index in [1.54, 1.807) is 0 Å². The van der Waals surface area contributed by atoms with E-state index in [9.17, 15) is 9.59 Å². The van der Waals surface area contributed by atoms with Crippen molar-refractivity contribution in [2.24, 2.45) is 7.05 Å². The molecule has 1 saturated heterocycles. The molecule has 21 heavy (non-hydrogen) atoms. The Morgan fingerprint density at radius 1 is 1.05 bits per heavy atom. The monoisotopic (exact) mass is 282 g/mol. The van der Waals surface area contributed by atoms with Crippen molar-refractivity contribution in [3.8, 4) is 0 Å². The standard InChI is InChI=1S/C17H18N2O2/c1-18-14-8-7-11(19-9-3-6-16(19)21)10-13(14)12-4-2-5-15(20)17(12)18/h7-8,10H,2-6,9H2,1H3. The van der Waals surface area contributed by atoms with E-state index in [1.807, 2.05) is 28.6 Å². The zero-order valence-electron chi connectivity index (χ0n) is 12.2. The number of anilines is 1. The van der Waals surface area contributed by atoms with E-state index in [2.05, 4.69) is 6.07 Å². The van der Waals surface area contributed by atoms with Crippen LogP contribution >= 0.6 is 0 Å². The summed E-state index contributed by atoms with van der Waals surface area (Å²) in [4.78, 5) is 26.0. The van der Waals surface area contributed by atoms with Crippen molar-refractivity contribution >= 4 is 28.3 Å². The highest BCUT2D eigenvalue weighted by Crippen LogP contribution is 2.34. The van der Waals surface area contributed by atoms with Crippen molar-refractivity contribution in [1.29, 1.82) is 0 Å². The van der Waals surface area contributed by atoms with Gasteiger partial charge in [0, 0.05) is 43.0 Å². The summed E-state index contributed by atoms with van der Waals surface area (Å²) in [5, 5.41) is 1.14. The lowest BCUT2D eigenvalue weighted by atomic mass is 9.94. The third-order valence-corrected chi connectivity index (χ3v) is 4.77. The molecule has 1 aromatic heterocycles. The van der Waals surface area contributed by atoms with Crippen LogP contribution in [-0.2, 0) is 18.3 Å². The quantitative estimate of drug-likeness (QED) is 0.807. The van der Waals surface area contributed by atoms with Gasteiger partial charge in [-0.2, -0.15) is 0 Å². The number of rotatable bonds is 1. The number of amides is 1. The number of nitrogens with zero attached hydrogens (tertiary/aromatic N) is 2. The Bertz CT molecular complexity index is 773. The van der Waals surface area contributed by atoms with Crippen molar-refractivity contribution in [3.63, 3.8) is 0 Å². The number of ketones is 1. The average Bonchev–Trinajstić information content (AvgIpc) is 3.03. The van der Waals surface area contributed by atoms with E-state index < -0.39 is 0 Å². The van der Waals surface area contributed by atoms with Gasteiger partial charge in [0.2, 0.25) is 5.91 Å². The zero-order chi connectivity index (χ0) is 14.6. The van der Waals surface area contributed by atoms with Gasteiger partial charge in [0.25, 0.3) is 0 Å². The lowest BCUT2D eigenvalue weighted by molar-refractivity contribution is -0.117. The van der Waals surface area contributed by atoms with Crippen LogP contribution in [0.2, 0.25) is 0 Å². The van der Waals surface area contributed by atoms with Gasteiger partial charge in [0.05, 0.1) is 5.69 Å². The first-order valence-electron chi connectivity index (χ1n) is 7.61. The van der Waals surface area contributed by atoms with Gasteiger partial charge in [-0.1, -0.05) is 0 Å². The summed E-state index contributed by atoms with van der Waals surface area (Å²) in [5.41, 5.74) is 4.08. The predicted molar refractivity (Wildman–Crippen MR) is 81.8 cm³/mol. The fourth-order valence-corrected chi connectivity index (χ4v) is 3.75. The normalized spacial score (nSPS) is 18.6. The van der Waals surface area contributed by atoms with Crippen LogP contribution in [-0.4, -0.2) is 22.8 Å². The molecule has 4 heteroatoms. The number of fused-ring (bicyclic) bond motifs is 3. The highest BCUT2D eigenvalue weighted by Gasteiger charge is 2.26. The average molecular weight is 282 g/mol. The van der Waals surface area contributed by atoms with E-state index in [0.29, 0.717) is 12.8 Å². The minimum Gasteiger partial charge on any atom is -0.341 e. The molecule has 1 fully saturated rings. The third kappa shape index (κ3) is 1.75. The number of carbonyl (C=O) groups excluding carboxylic acids is 2. The first kappa shape index (κ1) is 12.6. The van der Waals surface area contributed by atoms with Gasteiger partial charge in [0.15, 0.2) is 5.78 Å².